The number of carbonyl (C=O) groups is 1. The standard InChI is InChI=1S/C18H21N3O/c1-12(2)13-5-7-15(8-6-13)21-18(22)16-4-3-11-19-17(16)20-14-9-10-14/h3-8,11-12,14H,9-10H2,1-2H3,(H,19,20)(H,21,22). The molecule has 1 aliphatic rings. The van der Waals surface area contributed by atoms with Crippen molar-refractivity contribution in [3.05, 3.63) is 53.7 Å². The van der Waals surface area contributed by atoms with E-state index in [0.29, 0.717) is 23.3 Å². The Morgan fingerprint density at radius 2 is 1.91 bits per heavy atom. The molecule has 4 heteroatoms. The number of hydrogen-bond donors (Lipinski definition) is 2. The van der Waals surface area contributed by atoms with Gasteiger partial charge in [0.2, 0.25) is 0 Å². The average molecular weight is 295 g/mol. The predicted molar refractivity (Wildman–Crippen MR) is 89.4 cm³/mol. The number of pyridine rings is 1. The van der Waals surface area contributed by atoms with Gasteiger partial charge >= 0.3 is 0 Å². The first-order valence-corrected chi connectivity index (χ1v) is 7.76. The van der Waals surface area contributed by atoms with E-state index in [0.717, 1.165) is 18.5 Å². The number of nitrogens with zero attached hydrogens (tertiary/aromatic N) is 1. The lowest BCUT2D eigenvalue weighted by Gasteiger charge is -2.11. The van der Waals surface area contributed by atoms with Crippen LogP contribution in [0.25, 0.3) is 0 Å². The van der Waals surface area contributed by atoms with Crippen molar-refractivity contribution >= 4 is 17.4 Å². The van der Waals surface area contributed by atoms with E-state index in [1.54, 1.807) is 18.3 Å². The van der Waals surface area contributed by atoms with Gasteiger partial charge in [0, 0.05) is 17.9 Å². The lowest BCUT2D eigenvalue weighted by Crippen LogP contribution is -2.16. The van der Waals surface area contributed by atoms with Gasteiger partial charge in [0.15, 0.2) is 0 Å². The minimum absolute atomic E-state index is 0.131. The molecule has 1 saturated carbocycles. The SMILES string of the molecule is CC(C)c1ccc(NC(=O)c2cccnc2NC2CC2)cc1. The molecule has 1 fully saturated rings. The van der Waals surface area contributed by atoms with Crippen LogP contribution in [0.15, 0.2) is 42.6 Å². The molecule has 0 radical (unpaired) electrons. The van der Waals surface area contributed by atoms with E-state index >= 15 is 0 Å². The van der Waals surface area contributed by atoms with Crippen molar-refractivity contribution in [1.29, 1.82) is 0 Å². The molecule has 22 heavy (non-hydrogen) atoms. The van der Waals surface area contributed by atoms with E-state index < -0.39 is 0 Å². The summed E-state index contributed by atoms with van der Waals surface area (Å²) in [5.74, 6) is 1.02. The van der Waals surface area contributed by atoms with Gasteiger partial charge in [0.05, 0.1) is 5.56 Å². The minimum atomic E-state index is -0.131. The number of anilines is 2. The van der Waals surface area contributed by atoms with Gasteiger partial charge < -0.3 is 10.6 Å². The number of carbonyl (C=O) groups excluding carboxylic acids is 1. The second-order valence-electron chi connectivity index (χ2n) is 6.05. The van der Waals surface area contributed by atoms with Crippen LogP contribution in [0.3, 0.4) is 0 Å². The Bertz CT molecular complexity index is 660. The molecule has 1 aliphatic carbocycles. The van der Waals surface area contributed by atoms with Crippen LogP contribution in [0.5, 0.6) is 0 Å². The fraction of sp³-hybridized carbons (Fsp3) is 0.333. The van der Waals surface area contributed by atoms with Gasteiger partial charge in [-0.15, -0.1) is 0 Å². The molecule has 1 amide bonds. The molecule has 0 unspecified atom stereocenters. The molecule has 1 aromatic carbocycles. The van der Waals surface area contributed by atoms with Gasteiger partial charge in [-0.2, -0.15) is 0 Å². The Balaban J connectivity index is 1.73. The van der Waals surface area contributed by atoms with Gasteiger partial charge in [-0.1, -0.05) is 26.0 Å². The Morgan fingerprint density at radius 1 is 1.18 bits per heavy atom. The van der Waals surface area contributed by atoms with Gasteiger partial charge in [-0.25, -0.2) is 4.98 Å². The maximum atomic E-state index is 12.5. The molecule has 0 spiro atoms. The lowest BCUT2D eigenvalue weighted by atomic mass is 10.0. The molecule has 0 bridgehead atoms. The molecular weight excluding hydrogens is 274 g/mol. The third-order valence-corrected chi connectivity index (χ3v) is 3.81. The van der Waals surface area contributed by atoms with Crippen molar-refractivity contribution < 1.29 is 4.79 Å². The van der Waals surface area contributed by atoms with E-state index in [2.05, 4.69) is 29.5 Å². The second-order valence-corrected chi connectivity index (χ2v) is 6.05. The van der Waals surface area contributed by atoms with Gasteiger partial charge in [0.25, 0.3) is 5.91 Å². The van der Waals surface area contributed by atoms with E-state index in [4.69, 9.17) is 0 Å². The van der Waals surface area contributed by atoms with Crippen LogP contribution in [0.4, 0.5) is 11.5 Å². The van der Waals surface area contributed by atoms with Crippen molar-refractivity contribution in [2.75, 3.05) is 10.6 Å². The first-order chi connectivity index (χ1) is 10.6. The summed E-state index contributed by atoms with van der Waals surface area (Å²) >= 11 is 0. The highest BCUT2D eigenvalue weighted by Crippen LogP contribution is 2.26. The number of benzene rings is 1. The van der Waals surface area contributed by atoms with Crippen molar-refractivity contribution in [3.63, 3.8) is 0 Å². The van der Waals surface area contributed by atoms with Crippen molar-refractivity contribution in [2.24, 2.45) is 0 Å². The van der Waals surface area contributed by atoms with Gasteiger partial charge in [-0.05, 0) is 48.6 Å². The summed E-state index contributed by atoms with van der Waals surface area (Å²) in [6, 6.07) is 12.0. The summed E-state index contributed by atoms with van der Waals surface area (Å²) in [6.07, 6.45) is 4.00. The normalized spacial score (nSPS) is 14.0. The molecule has 4 nitrogen and oxygen atoms in total. The summed E-state index contributed by atoms with van der Waals surface area (Å²) < 4.78 is 0. The van der Waals surface area contributed by atoms with Crippen LogP contribution in [-0.2, 0) is 0 Å². The van der Waals surface area contributed by atoms with Gasteiger partial charge in [-0.3, -0.25) is 4.79 Å². The quantitative estimate of drug-likeness (QED) is 0.875. The number of hydrogen-bond acceptors (Lipinski definition) is 3. The molecular formula is C18H21N3O. The largest absolute Gasteiger partial charge is 0.367 e. The van der Waals surface area contributed by atoms with E-state index in [1.165, 1.54) is 5.56 Å². The fourth-order valence-corrected chi connectivity index (χ4v) is 2.27. The highest BCUT2D eigenvalue weighted by molar-refractivity contribution is 6.07. The molecule has 2 aromatic rings. The molecule has 1 heterocycles. The zero-order valence-electron chi connectivity index (χ0n) is 13.0. The highest BCUT2D eigenvalue weighted by atomic mass is 16.1. The van der Waals surface area contributed by atoms with Crippen LogP contribution < -0.4 is 10.6 Å². The number of nitrogens with one attached hydrogen (secondary N) is 2. The maximum absolute atomic E-state index is 12.5. The summed E-state index contributed by atoms with van der Waals surface area (Å²) in [5, 5.41) is 6.24. The molecule has 114 valence electrons. The lowest BCUT2D eigenvalue weighted by molar-refractivity contribution is 0.102. The Labute approximate surface area is 131 Å². The summed E-state index contributed by atoms with van der Waals surface area (Å²) in [5.41, 5.74) is 2.65. The number of amides is 1. The zero-order chi connectivity index (χ0) is 15.5. The topological polar surface area (TPSA) is 54.0 Å². The van der Waals surface area contributed by atoms with E-state index in [9.17, 15) is 4.79 Å². The molecule has 0 aliphatic heterocycles. The van der Waals surface area contributed by atoms with Crippen LogP contribution in [0.1, 0.15) is 48.5 Å². The van der Waals surface area contributed by atoms with Crippen LogP contribution in [0.2, 0.25) is 0 Å². The number of aromatic nitrogens is 1. The van der Waals surface area contributed by atoms with Crippen molar-refractivity contribution in [3.8, 4) is 0 Å². The monoisotopic (exact) mass is 295 g/mol. The maximum Gasteiger partial charge on any atom is 0.259 e. The fourth-order valence-electron chi connectivity index (χ4n) is 2.27. The summed E-state index contributed by atoms with van der Waals surface area (Å²) in [7, 11) is 0. The summed E-state index contributed by atoms with van der Waals surface area (Å²) in [4.78, 5) is 16.8. The molecule has 1 aromatic heterocycles. The van der Waals surface area contributed by atoms with Gasteiger partial charge in [0.1, 0.15) is 5.82 Å². The molecule has 2 N–H and O–H groups in total. The van der Waals surface area contributed by atoms with Crippen LogP contribution >= 0.6 is 0 Å². The molecule has 0 atom stereocenters. The Kier molecular flexibility index (Phi) is 4.09. The summed E-state index contributed by atoms with van der Waals surface area (Å²) in [6.45, 7) is 4.30. The second kappa shape index (κ2) is 6.18. The number of rotatable bonds is 5. The smallest absolute Gasteiger partial charge is 0.259 e. The Hall–Kier alpha value is -2.36. The van der Waals surface area contributed by atoms with E-state index in [-0.39, 0.29) is 5.91 Å². The average Bonchev–Trinajstić information content (AvgIpc) is 3.32. The first-order valence-electron chi connectivity index (χ1n) is 7.76. The molecule has 3 rings (SSSR count). The highest BCUT2D eigenvalue weighted by Gasteiger charge is 2.23. The first kappa shape index (κ1) is 14.6. The van der Waals surface area contributed by atoms with Crippen LogP contribution in [0, 0.1) is 0 Å². The Morgan fingerprint density at radius 3 is 2.55 bits per heavy atom. The van der Waals surface area contributed by atoms with Crippen LogP contribution in [-0.4, -0.2) is 16.9 Å². The van der Waals surface area contributed by atoms with Crippen molar-refractivity contribution in [1.82, 2.24) is 4.98 Å². The minimum Gasteiger partial charge on any atom is -0.367 e. The third-order valence-electron chi connectivity index (χ3n) is 3.81. The van der Waals surface area contributed by atoms with E-state index in [1.807, 2.05) is 24.3 Å². The third kappa shape index (κ3) is 3.45. The predicted octanol–water partition coefficient (Wildman–Crippen LogP) is 4.03. The zero-order valence-corrected chi connectivity index (χ0v) is 13.0. The van der Waals surface area contributed by atoms with Crippen molar-refractivity contribution in [2.45, 2.75) is 38.6 Å². The molecule has 0 saturated heterocycles.